The van der Waals surface area contributed by atoms with Gasteiger partial charge in [0.15, 0.2) is 5.78 Å². The molecular formula is C11H15NO4. The van der Waals surface area contributed by atoms with Gasteiger partial charge in [-0.2, -0.15) is 0 Å². The van der Waals surface area contributed by atoms with E-state index in [1.165, 1.54) is 6.08 Å². The maximum atomic E-state index is 11.7. The lowest BCUT2D eigenvalue weighted by Crippen LogP contribution is -2.35. The SMILES string of the molecule is CCOC(=O)C1(/C=C/C(N)=O)CCCC1=O. The van der Waals surface area contributed by atoms with Crippen LogP contribution in [0.25, 0.3) is 0 Å². The third-order valence-electron chi connectivity index (χ3n) is 2.64. The number of carbonyl (C=O) groups excluding carboxylic acids is 3. The number of ether oxygens (including phenoxy) is 1. The first-order valence-corrected chi connectivity index (χ1v) is 5.22. The van der Waals surface area contributed by atoms with E-state index in [0.717, 1.165) is 6.08 Å². The summed E-state index contributed by atoms with van der Waals surface area (Å²) in [7, 11) is 0. The predicted molar refractivity (Wildman–Crippen MR) is 56.3 cm³/mol. The highest BCUT2D eigenvalue weighted by molar-refractivity contribution is 6.08. The van der Waals surface area contributed by atoms with Crippen molar-refractivity contribution in [3.8, 4) is 0 Å². The Kier molecular flexibility index (Phi) is 3.82. The number of ketones is 1. The number of rotatable bonds is 4. The molecule has 1 aliphatic rings. The molecule has 5 heteroatoms. The second-order valence-corrected chi connectivity index (χ2v) is 3.70. The molecule has 1 atom stereocenters. The number of esters is 1. The smallest absolute Gasteiger partial charge is 0.323 e. The molecule has 5 nitrogen and oxygen atoms in total. The van der Waals surface area contributed by atoms with Crippen molar-refractivity contribution in [2.45, 2.75) is 26.2 Å². The second-order valence-electron chi connectivity index (χ2n) is 3.70. The molecule has 0 aliphatic heterocycles. The Morgan fingerprint density at radius 2 is 2.25 bits per heavy atom. The zero-order valence-corrected chi connectivity index (χ0v) is 9.19. The van der Waals surface area contributed by atoms with Gasteiger partial charge in [-0.15, -0.1) is 0 Å². The maximum absolute atomic E-state index is 11.7. The van der Waals surface area contributed by atoms with Crippen LogP contribution in [0, 0.1) is 5.41 Å². The van der Waals surface area contributed by atoms with Crippen molar-refractivity contribution in [1.82, 2.24) is 0 Å². The van der Waals surface area contributed by atoms with Gasteiger partial charge in [0.2, 0.25) is 5.91 Å². The fourth-order valence-electron chi connectivity index (χ4n) is 1.83. The van der Waals surface area contributed by atoms with E-state index in [9.17, 15) is 14.4 Å². The van der Waals surface area contributed by atoms with E-state index in [4.69, 9.17) is 10.5 Å². The van der Waals surface area contributed by atoms with Crippen LogP contribution in [0.2, 0.25) is 0 Å². The van der Waals surface area contributed by atoms with Gasteiger partial charge in [0, 0.05) is 12.5 Å². The first-order chi connectivity index (χ1) is 7.53. The molecule has 0 aromatic rings. The molecule has 1 unspecified atom stereocenters. The van der Waals surface area contributed by atoms with Crippen molar-refractivity contribution in [2.24, 2.45) is 11.1 Å². The lowest BCUT2D eigenvalue weighted by Gasteiger charge is -2.20. The zero-order chi connectivity index (χ0) is 12.2. The molecule has 1 fully saturated rings. The molecule has 0 bridgehead atoms. The summed E-state index contributed by atoms with van der Waals surface area (Å²) in [6, 6.07) is 0. The van der Waals surface area contributed by atoms with Crippen LogP contribution < -0.4 is 5.73 Å². The number of amides is 1. The fraction of sp³-hybridized carbons (Fsp3) is 0.545. The van der Waals surface area contributed by atoms with E-state index < -0.39 is 17.3 Å². The summed E-state index contributed by atoms with van der Waals surface area (Å²) in [5.74, 6) is -1.47. The second kappa shape index (κ2) is 4.92. The van der Waals surface area contributed by atoms with Gasteiger partial charge in [0.25, 0.3) is 0 Å². The molecule has 0 heterocycles. The number of nitrogens with two attached hydrogens (primary N) is 1. The zero-order valence-electron chi connectivity index (χ0n) is 9.19. The minimum absolute atomic E-state index is 0.205. The summed E-state index contributed by atoms with van der Waals surface area (Å²) in [6.45, 7) is 1.88. The summed E-state index contributed by atoms with van der Waals surface area (Å²) in [4.78, 5) is 34.1. The maximum Gasteiger partial charge on any atom is 0.323 e. The van der Waals surface area contributed by atoms with Crippen LogP contribution in [0.15, 0.2) is 12.2 Å². The standard InChI is InChI=1S/C11H15NO4/c1-2-16-10(15)11(7-5-9(12)14)6-3-4-8(11)13/h5,7H,2-4,6H2,1H3,(H2,12,14)/b7-5+. The third-order valence-corrected chi connectivity index (χ3v) is 2.64. The summed E-state index contributed by atoms with van der Waals surface area (Å²) >= 11 is 0. The minimum atomic E-state index is -1.29. The van der Waals surface area contributed by atoms with Crippen LogP contribution >= 0.6 is 0 Å². The average molecular weight is 225 g/mol. The Labute approximate surface area is 93.6 Å². The Morgan fingerprint density at radius 1 is 1.56 bits per heavy atom. The summed E-state index contributed by atoms with van der Waals surface area (Å²) in [5, 5.41) is 0. The van der Waals surface area contributed by atoms with Gasteiger partial charge in [-0.25, -0.2) is 0 Å². The van der Waals surface area contributed by atoms with Crippen LogP contribution in [0.5, 0.6) is 0 Å². The first-order valence-electron chi connectivity index (χ1n) is 5.22. The lowest BCUT2D eigenvalue weighted by atomic mass is 9.84. The topological polar surface area (TPSA) is 86.5 Å². The van der Waals surface area contributed by atoms with Crippen LogP contribution in [0.4, 0.5) is 0 Å². The van der Waals surface area contributed by atoms with Crippen LogP contribution in [-0.2, 0) is 19.1 Å². The minimum Gasteiger partial charge on any atom is -0.465 e. The monoisotopic (exact) mass is 225 g/mol. The molecule has 1 saturated carbocycles. The van der Waals surface area contributed by atoms with Gasteiger partial charge in [-0.3, -0.25) is 14.4 Å². The van der Waals surface area contributed by atoms with Crippen molar-refractivity contribution >= 4 is 17.7 Å². The Bertz CT molecular complexity index is 348. The fourth-order valence-corrected chi connectivity index (χ4v) is 1.83. The quantitative estimate of drug-likeness (QED) is 0.424. The number of hydrogen-bond acceptors (Lipinski definition) is 4. The van der Waals surface area contributed by atoms with Crippen LogP contribution in [0.3, 0.4) is 0 Å². The lowest BCUT2D eigenvalue weighted by molar-refractivity contribution is -0.155. The highest BCUT2D eigenvalue weighted by Crippen LogP contribution is 2.37. The summed E-state index contributed by atoms with van der Waals surface area (Å²) < 4.78 is 4.87. The highest BCUT2D eigenvalue weighted by Gasteiger charge is 2.47. The van der Waals surface area contributed by atoms with E-state index in [1.54, 1.807) is 6.92 Å². The number of carbonyl (C=O) groups is 3. The Morgan fingerprint density at radius 3 is 2.69 bits per heavy atom. The van der Waals surface area contributed by atoms with Gasteiger partial charge in [-0.05, 0) is 19.8 Å². The molecule has 0 radical (unpaired) electrons. The third kappa shape index (κ3) is 2.29. The molecule has 0 saturated heterocycles. The molecule has 1 amide bonds. The van der Waals surface area contributed by atoms with Crippen LogP contribution in [-0.4, -0.2) is 24.3 Å². The van der Waals surface area contributed by atoms with Gasteiger partial charge < -0.3 is 10.5 Å². The van der Waals surface area contributed by atoms with Crippen molar-refractivity contribution in [3.05, 3.63) is 12.2 Å². The first kappa shape index (κ1) is 12.4. The van der Waals surface area contributed by atoms with Crippen molar-refractivity contribution in [2.75, 3.05) is 6.61 Å². The molecular weight excluding hydrogens is 210 g/mol. The van der Waals surface area contributed by atoms with Gasteiger partial charge >= 0.3 is 5.97 Å². The van der Waals surface area contributed by atoms with Crippen molar-refractivity contribution < 1.29 is 19.1 Å². The highest BCUT2D eigenvalue weighted by atomic mass is 16.5. The van der Waals surface area contributed by atoms with E-state index in [1.807, 2.05) is 0 Å². The molecule has 0 spiro atoms. The van der Waals surface area contributed by atoms with E-state index in [2.05, 4.69) is 0 Å². The van der Waals surface area contributed by atoms with E-state index in [-0.39, 0.29) is 12.4 Å². The molecule has 0 aromatic carbocycles. The summed E-state index contributed by atoms with van der Waals surface area (Å²) in [6.07, 6.45) is 3.68. The molecule has 1 rings (SSSR count). The van der Waals surface area contributed by atoms with Gasteiger partial charge in [0.1, 0.15) is 5.41 Å². The predicted octanol–water partition coefficient (Wildman–Crippen LogP) is 0.330. The van der Waals surface area contributed by atoms with E-state index >= 15 is 0 Å². The molecule has 0 aromatic heterocycles. The summed E-state index contributed by atoms with van der Waals surface area (Å²) in [5.41, 5.74) is 3.67. The Hall–Kier alpha value is -1.65. The van der Waals surface area contributed by atoms with Crippen molar-refractivity contribution in [1.29, 1.82) is 0 Å². The Balaban J connectivity index is 2.98. The normalized spacial score (nSPS) is 24.9. The van der Waals surface area contributed by atoms with Crippen LogP contribution in [0.1, 0.15) is 26.2 Å². The van der Waals surface area contributed by atoms with Crippen molar-refractivity contribution in [3.63, 3.8) is 0 Å². The average Bonchev–Trinajstić information content (AvgIpc) is 2.58. The van der Waals surface area contributed by atoms with Gasteiger partial charge in [0.05, 0.1) is 6.61 Å². The molecule has 16 heavy (non-hydrogen) atoms. The number of Topliss-reactive ketones (excluding diaryl/α,β-unsaturated/α-hetero) is 1. The molecule has 1 aliphatic carbocycles. The number of primary amides is 1. The van der Waals surface area contributed by atoms with E-state index in [0.29, 0.717) is 19.3 Å². The van der Waals surface area contributed by atoms with Gasteiger partial charge in [-0.1, -0.05) is 6.08 Å². The largest absolute Gasteiger partial charge is 0.465 e. The molecule has 2 N–H and O–H groups in total. The molecule has 88 valence electrons. The number of hydrogen-bond donors (Lipinski definition) is 1.